The van der Waals surface area contributed by atoms with Crippen LogP contribution in [0.4, 0.5) is 10.2 Å². The SMILES string of the molecule is O=C(Nc1ccccn1)c1cc(-c2cccc(F)c2)no1. The van der Waals surface area contributed by atoms with Crippen LogP contribution in [0.1, 0.15) is 10.6 Å². The van der Waals surface area contributed by atoms with Gasteiger partial charge >= 0.3 is 0 Å². The molecule has 0 atom stereocenters. The summed E-state index contributed by atoms with van der Waals surface area (Å²) in [6.45, 7) is 0. The second-order valence-electron chi connectivity index (χ2n) is 4.26. The van der Waals surface area contributed by atoms with E-state index in [1.807, 2.05) is 0 Å². The van der Waals surface area contributed by atoms with Crippen LogP contribution in [0, 0.1) is 5.82 Å². The normalized spacial score (nSPS) is 10.3. The topological polar surface area (TPSA) is 68.0 Å². The molecule has 1 amide bonds. The maximum absolute atomic E-state index is 13.2. The Labute approximate surface area is 119 Å². The fraction of sp³-hybridized carbons (Fsp3) is 0. The summed E-state index contributed by atoms with van der Waals surface area (Å²) in [4.78, 5) is 15.9. The molecule has 0 spiro atoms. The highest BCUT2D eigenvalue weighted by atomic mass is 19.1. The average molecular weight is 283 g/mol. The third kappa shape index (κ3) is 2.94. The summed E-state index contributed by atoms with van der Waals surface area (Å²) in [5.41, 5.74) is 0.927. The molecule has 0 radical (unpaired) electrons. The van der Waals surface area contributed by atoms with E-state index in [-0.39, 0.29) is 11.6 Å². The van der Waals surface area contributed by atoms with Crippen molar-refractivity contribution in [3.05, 3.63) is 66.3 Å². The number of aromatic nitrogens is 2. The lowest BCUT2D eigenvalue weighted by molar-refractivity contribution is 0.0987. The molecule has 2 heterocycles. The molecule has 0 aliphatic carbocycles. The molecular weight excluding hydrogens is 273 g/mol. The summed E-state index contributed by atoms with van der Waals surface area (Å²) in [5.74, 6) is -0.412. The Balaban J connectivity index is 1.80. The molecule has 2 aromatic heterocycles. The lowest BCUT2D eigenvalue weighted by Gasteiger charge is -1.99. The molecule has 0 saturated carbocycles. The number of carbonyl (C=O) groups is 1. The number of halogens is 1. The summed E-state index contributed by atoms with van der Waals surface area (Å²) < 4.78 is 18.1. The Bertz CT molecular complexity index is 771. The summed E-state index contributed by atoms with van der Waals surface area (Å²) in [6.07, 6.45) is 1.56. The van der Waals surface area contributed by atoms with Crippen LogP contribution in [0.25, 0.3) is 11.3 Å². The highest BCUT2D eigenvalue weighted by Gasteiger charge is 2.14. The van der Waals surface area contributed by atoms with E-state index in [0.717, 1.165) is 0 Å². The highest BCUT2D eigenvalue weighted by Crippen LogP contribution is 2.20. The second-order valence-corrected chi connectivity index (χ2v) is 4.26. The Morgan fingerprint density at radius 2 is 2.05 bits per heavy atom. The first-order chi connectivity index (χ1) is 10.2. The van der Waals surface area contributed by atoms with Crippen LogP contribution in [-0.2, 0) is 0 Å². The minimum absolute atomic E-state index is 0.0277. The van der Waals surface area contributed by atoms with Crippen molar-refractivity contribution < 1.29 is 13.7 Å². The smallest absolute Gasteiger partial charge is 0.295 e. The van der Waals surface area contributed by atoms with Gasteiger partial charge in [-0.3, -0.25) is 4.79 Å². The number of pyridine rings is 1. The summed E-state index contributed by atoms with van der Waals surface area (Å²) >= 11 is 0. The zero-order valence-corrected chi connectivity index (χ0v) is 10.8. The number of hydrogen-bond acceptors (Lipinski definition) is 4. The first-order valence-corrected chi connectivity index (χ1v) is 6.17. The number of anilines is 1. The predicted molar refractivity (Wildman–Crippen MR) is 74.1 cm³/mol. The molecule has 0 bridgehead atoms. The molecule has 104 valence electrons. The number of amides is 1. The van der Waals surface area contributed by atoms with Crippen LogP contribution < -0.4 is 5.32 Å². The van der Waals surface area contributed by atoms with Crippen LogP contribution in [-0.4, -0.2) is 16.0 Å². The van der Waals surface area contributed by atoms with Crippen molar-refractivity contribution in [3.8, 4) is 11.3 Å². The molecule has 0 saturated heterocycles. The molecule has 1 aromatic carbocycles. The van der Waals surface area contributed by atoms with Gasteiger partial charge in [-0.05, 0) is 24.3 Å². The van der Waals surface area contributed by atoms with E-state index in [1.165, 1.54) is 18.2 Å². The summed E-state index contributed by atoms with van der Waals surface area (Å²) in [5, 5.41) is 6.34. The largest absolute Gasteiger partial charge is 0.350 e. The number of carbonyl (C=O) groups excluding carboxylic acids is 1. The lowest BCUT2D eigenvalue weighted by atomic mass is 10.1. The average Bonchev–Trinajstić information content (AvgIpc) is 2.98. The minimum Gasteiger partial charge on any atom is -0.350 e. The second kappa shape index (κ2) is 5.54. The van der Waals surface area contributed by atoms with Gasteiger partial charge in [-0.15, -0.1) is 0 Å². The Morgan fingerprint density at radius 1 is 1.14 bits per heavy atom. The van der Waals surface area contributed by atoms with E-state index < -0.39 is 5.91 Å². The van der Waals surface area contributed by atoms with Crippen LogP contribution in [0.5, 0.6) is 0 Å². The van der Waals surface area contributed by atoms with E-state index in [2.05, 4.69) is 15.5 Å². The Hall–Kier alpha value is -3.02. The van der Waals surface area contributed by atoms with Crippen LogP contribution in [0.3, 0.4) is 0 Å². The maximum Gasteiger partial charge on any atom is 0.295 e. The van der Waals surface area contributed by atoms with E-state index in [9.17, 15) is 9.18 Å². The molecule has 0 unspecified atom stereocenters. The zero-order valence-electron chi connectivity index (χ0n) is 10.8. The monoisotopic (exact) mass is 283 g/mol. The number of benzene rings is 1. The maximum atomic E-state index is 13.2. The number of hydrogen-bond donors (Lipinski definition) is 1. The quantitative estimate of drug-likeness (QED) is 0.801. The predicted octanol–water partition coefficient (Wildman–Crippen LogP) is 3.13. The molecular formula is C15H10FN3O2. The third-order valence-electron chi connectivity index (χ3n) is 2.76. The fourth-order valence-corrected chi connectivity index (χ4v) is 1.78. The molecule has 3 rings (SSSR count). The van der Waals surface area contributed by atoms with E-state index >= 15 is 0 Å². The van der Waals surface area contributed by atoms with E-state index in [4.69, 9.17) is 4.52 Å². The molecule has 0 aliphatic heterocycles. The molecule has 0 aliphatic rings. The van der Waals surface area contributed by atoms with Crippen molar-refractivity contribution in [1.82, 2.24) is 10.1 Å². The van der Waals surface area contributed by atoms with Crippen molar-refractivity contribution in [1.29, 1.82) is 0 Å². The van der Waals surface area contributed by atoms with Gasteiger partial charge in [-0.1, -0.05) is 23.4 Å². The van der Waals surface area contributed by atoms with Crippen LogP contribution in [0.15, 0.2) is 59.3 Å². The zero-order chi connectivity index (χ0) is 14.7. The fourth-order valence-electron chi connectivity index (χ4n) is 1.78. The number of nitrogens with zero attached hydrogens (tertiary/aromatic N) is 2. The molecule has 5 nitrogen and oxygen atoms in total. The van der Waals surface area contributed by atoms with Crippen molar-refractivity contribution in [3.63, 3.8) is 0 Å². The van der Waals surface area contributed by atoms with Gasteiger partial charge in [-0.2, -0.15) is 0 Å². The third-order valence-corrected chi connectivity index (χ3v) is 2.76. The summed E-state index contributed by atoms with van der Waals surface area (Å²) in [7, 11) is 0. The number of rotatable bonds is 3. The summed E-state index contributed by atoms with van der Waals surface area (Å²) in [6, 6.07) is 12.5. The van der Waals surface area contributed by atoms with Crippen molar-refractivity contribution in [2.75, 3.05) is 5.32 Å². The number of nitrogens with one attached hydrogen (secondary N) is 1. The first kappa shape index (κ1) is 13.0. The van der Waals surface area contributed by atoms with Gasteiger partial charge in [0.2, 0.25) is 5.76 Å². The standard InChI is InChI=1S/C15H10FN3O2/c16-11-5-3-4-10(8-11)12-9-13(21-19-12)15(20)18-14-6-1-2-7-17-14/h1-9H,(H,17,18,20). The van der Waals surface area contributed by atoms with Gasteiger partial charge in [0.05, 0.1) is 0 Å². The van der Waals surface area contributed by atoms with E-state index in [0.29, 0.717) is 17.1 Å². The Kier molecular flexibility index (Phi) is 3.42. The molecule has 6 heteroatoms. The van der Waals surface area contributed by atoms with Crippen molar-refractivity contribution in [2.24, 2.45) is 0 Å². The molecule has 3 aromatic rings. The van der Waals surface area contributed by atoms with Crippen LogP contribution in [0.2, 0.25) is 0 Å². The molecule has 0 fully saturated rings. The molecule has 1 N–H and O–H groups in total. The van der Waals surface area contributed by atoms with Gasteiger partial charge < -0.3 is 9.84 Å². The minimum atomic E-state index is -0.469. The molecule has 21 heavy (non-hydrogen) atoms. The van der Waals surface area contributed by atoms with Gasteiger partial charge in [0, 0.05) is 17.8 Å². The van der Waals surface area contributed by atoms with Gasteiger partial charge in [0.15, 0.2) is 0 Å². The van der Waals surface area contributed by atoms with Crippen LogP contribution >= 0.6 is 0 Å². The van der Waals surface area contributed by atoms with E-state index in [1.54, 1.807) is 36.5 Å². The van der Waals surface area contributed by atoms with Gasteiger partial charge in [0.25, 0.3) is 5.91 Å². The first-order valence-electron chi connectivity index (χ1n) is 6.17. The van der Waals surface area contributed by atoms with Gasteiger partial charge in [-0.25, -0.2) is 9.37 Å². The lowest BCUT2D eigenvalue weighted by Crippen LogP contribution is -2.11. The van der Waals surface area contributed by atoms with Crippen molar-refractivity contribution in [2.45, 2.75) is 0 Å². The van der Waals surface area contributed by atoms with Crippen molar-refractivity contribution >= 4 is 11.7 Å². The Morgan fingerprint density at radius 3 is 2.81 bits per heavy atom. The highest BCUT2D eigenvalue weighted by molar-refractivity contribution is 6.02. The van der Waals surface area contributed by atoms with Gasteiger partial charge in [0.1, 0.15) is 17.3 Å².